The summed E-state index contributed by atoms with van der Waals surface area (Å²) in [5.74, 6) is 1.17. The van der Waals surface area contributed by atoms with Crippen LogP contribution in [0.15, 0.2) is 12.1 Å². The van der Waals surface area contributed by atoms with Crippen molar-refractivity contribution >= 4 is 17.8 Å². The van der Waals surface area contributed by atoms with E-state index in [9.17, 15) is 14.4 Å². The number of ether oxygens (including phenoxy) is 3. The SMILES string of the molecule is COc1cc2c(cc1CNC(=O)CCC1NC(=O)NC1=O)OCCO2. The Morgan fingerprint density at radius 3 is 2.64 bits per heavy atom. The molecule has 9 nitrogen and oxygen atoms in total. The summed E-state index contributed by atoms with van der Waals surface area (Å²) in [7, 11) is 1.54. The van der Waals surface area contributed by atoms with Gasteiger partial charge in [-0.05, 0) is 12.5 Å². The van der Waals surface area contributed by atoms with Gasteiger partial charge in [-0.2, -0.15) is 0 Å². The number of fused-ring (bicyclic) bond motifs is 1. The largest absolute Gasteiger partial charge is 0.496 e. The number of nitrogens with one attached hydrogen (secondary N) is 3. The molecule has 0 spiro atoms. The lowest BCUT2D eigenvalue weighted by atomic mass is 10.1. The van der Waals surface area contributed by atoms with Crippen LogP contribution in [-0.2, 0) is 16.1 Å². The molecule has 1 aromatic rings. The summed E-state index contributed by atoms with van der Waals surface area (Å²) in [6.45, 7) is 1.21. The zero-order valence-electron chi connectivity index (χ0n) is 13.7. The van der Waals surface area contributed by atoms with E-state index in [0.717, 1.165) is 5.56 Å². The Bertz CT molecular complexity index is 705. The van der Waals surface area contributed by atoms with Crippen LogP contribution in [-0.4, -0.2) is 44.2 Å². The summed E-state index contributed by atoms with van der Waals surface area (Å²) in [5, 5.41) is 7.36. The molecule has 1 saturated heterocycles. The summed E-state index contributed by atoms with van der Waals surface area (Å²) < 4.78 is 16.3. The maximum atomic E-state index is 12.0. The van der Waals surface area contributed by atoms with Gasteiger partial charge in [-0.3, -0.25) is 14.9 Å². The average Bonchev–Trinajstić information content (AvgIpc) is 2.94. The molecule has 0 bridgehead atoms. The zero-order valence-corrected chi connectivity index (χ0v) is 13.7. The highest BCUT2D eigenvalue weighted by atomic mass is 16.6. The number of carbonyl (C=O) groups excluding carboxylic acids is 3. The van der Waals surface area contributed by atoms with Crippen molar-refractivity contribution in [3.05, 3.63) is 17.7 Å². The number of benzene rings is 1. The quantitative estimate of drug-likeness (QED) is 0.626. The van der Waals surface area contributed by atoms with E-state index in [2.05, 4.69) is 16.0 Å². The minimum atomic E-state index is -0.665. The van der Waals surface area contributed by atoms with Gasteiger partial charge in [0.1, 0.15) is 25.0 Å². The molecule has 0 aliphatic carbocycles. The molecule has 4 amide bonds. The molecule has 9 heteroatoms. The van der Waals surface area contributed by atoms with Crippen molar-refractivity contribution in [3.63, 3.8) is 0 Å². The van der Waals surface area contributed by atoms with Gasteiger partial charge in [0.25, 0.3) is 5.91 Å². The van der Waals surface area contributed by atoms with E-state index in [-0.39, 0.29) is 25.3 Å². The van der Waals surface area contributed by atoms with Crippen LogP contribution in [0, 0.1) is 0 Å². The molecule has 1 unspecified atom stereocenters. The van der Waals surface area contributed by atoms with Crippen molar-refractivity contribution in [1.82, 2.24) is 16.0 Å². The number of hydrogen-bond acceptors (Lipinski definition) is 6. The molecule has 1 atom stereocenters. The number of hydrogen-bond donors (Lipinski definition) is 3. The summed E-state index contributed by atoms with van der Waals surface area (Å²) in [6, 6.07) is 2.31. The van der Waals surface area contributed by atoms with Gasteiger partial charge < -0.3 is 24.8 Å². The molecule has 3 rings (SSSR count). The monoisotopic (exact) mass is 349 g/mol. The second-order valence-corrected chi connectivity index (χ2v) is 5.64. The van der Waals surface area contributed by atoms with Gasteiger partial charge >= 0.3 is 6.03 Å². The van der Waals surface area contributed by atoms with E-state index in [4.69, 9.17) is 14.2 Å². The van der Waals surface area contributed by atoms with E-state index in [1.165, 1.54) is 7.11 Å². The molecule has 3 N–H and O–H groups in total. The van der Waals surface area contributed by atoms with Gasteiger partial charge in [0.15, 0.2) is 11.5 Å². The van der Waals surface area contributed by atoms with Crippen molar-refractivity contribution in [2.24, 2.45) is 0 Å². The molecule has 1 fully saturated rings. The maximum absolute atomic E-state index is 12.0. The third kappa shape index (κ3) is 3.93. The highest BCUT2D eigenvalue weighted by Gasteiger charge is 2.29. The maximum Gasteiger partial charge on any atom is 0.322 e. The van der Waals surface area contributed by atoms with Crippen molar-refractivity contribution < 1.29 is 28.6 Å². The van der Waals surface area contributed by atoms with Crippen LogP contribution < -0.4 is 30.2 Å². The van der Waals surface area contributed by atoms with Crippen LogP contribution in [0.5, 0.6) is 17.2 Å². The highest BCUT2D eigenvalue weighted by molar-refractivity contribution is 6.04. The number of amides is 4. The van der Waals surface area contributed by atoms with E-state index in [1.807, 2.05) is 0 Å². The third-order valence-corrected chi connectivity index (χ3v) is 3.94. The standard InChI is InChI=1S/C16H19N3O6/c1-23-11-7-13-12(24-4-5-25-13)6-9(11)8-17-14(20)3-2-10-15(21)19-16(22)18-10/h6-7,10H,2-5,8H2,1H3,(H,17,20)(H2,18,19,21,22). The molecule has 0 saturated carbocycles. The van der Waals surface area contributed by atoms with Gasteiger partial charge in [-0.25, -0.2) is 4.79 Å². The number of carbonyl (C=O) groups is 3. The Hall–Kier alpha value is -2.97. The highest BCUT2D eigenvalue weighted by Crippen LogP contribution is 2.36. The van der Waals surface area contributed by atoms with Crippen LogP contribution in [0.4, 0.5) is 4.79 Å². The van der Waals surface area contributed by atoms with Gasteiger partial charge in [0, 0.05) is 24.6 Å². The van der Waals surface area contributed by atoms with Crippen molar-refractivity contribution in [3.8, 4) is 17.2 Å². The molecule has 2 heterocycles. The Balaban J connectivity index is 1.55. The van der Waals surface area contributed by atoms with E-state index in [1.54, 1.807) is 12.1 Å². The Kier molecular flexibility index (Phi) is 4.92. The Morgan fingerprint density at radius 1 is 1.28 bits per heavy atom. The molecule has 134 valence electrons. The first kappa shape index (κ1) is 16.9. The van der Waals surface area contributed by atoms with Crippen LogP contribution in [0.1, 0.15) is 18.4 Å². The molecule has 0 radical (unpaired) electrons. The summed E-state index contributed by atoms with van der Waals surface area (Å²) in [6.07, 6.45) is 0.354. The van der Waals surface area contributed by atoms with Gasteiger partial charge in [-0.15, -0.1) is 0 Å². The summed E-state index contributed by atoms with van der Waals surface area (Å²) in [4.78, 5) is 34.5. The fraction of sp³-hybridized carbons (Fsp3) is 0.438. The predicted molar refractivity (Wildman–Crippen MR) is 85.5 cm³/mol. The lowest BCUT2D eigenvalue weighted by Gasteiger charge is -2.21. The normalized spacial score (nSPS) is 18.4. The topological polar surface area (TPSA) is 115 Å². The van der Waals surface area contributed by atoms with Crippen molar-refractivity contribution in [1.29, 1.82) is 0 Å². The summed E-state index contributed by atoms with van der Waals surface area (Å²) in [5.41, 5.74) is 0.756. The first-order valence-electron chi connectivity index (χ1n) is 7.91. The zero-order chi connectivity index (χ0) is 17.8. The number of rotatable bonds is 6. The predicted octanol–water partition coefficient (Wildman–Crippen LogP) is 0.0708. The van der Waals surface area contributed by atoms with Gasteiger partial charge in [0.05, 0.1) is 7.11 Å². The van der Waals surface area contributed by atoms with E-state index < -0.39 is 18.0 Å². The lowest BCUT2D eigenvalue weighted by molar-refractivity contribution is -0.122. The van der Waals surface area contributed by atoms with Gasteiger partial charge in [-0.1, -0.05) is 0 Å². The van der Waals surface area contributed by atoms with E-state index in [0.29, 0.717) is 30.5 Å². The molecule has 25 heavy (non-hydrogen) atoms. The molecule has 2 aliphatic heterocycles. The van der Waals surface area contributed by atoms with Crippen LogP contribution >= 0.6 is 0 Å². The second kappa shape index (κ2) is 7.29. The number of urea groups is 1. The van der Waals surface area contributed by atoms with Crippen molar-refractivity contribution in [2.75, 3.05) is 20.3 Å². The third-order valence-electron chi connectivity index (χ3n) is 3.94. The second-order valence-electron chi connectivity index (χ2n) is 5.64. The van der Waals surface area contributed by atoms with Gasteiger partial charge in [0.2, 0.25) is 5.91 Å². The lowest BCUT2D eigenvalue weighted by Crippen LogP contribution is -2.31. The molecule has 1 aromatic carbocycles. The fourth-order valence-electron chi connectivity index (χ4n) is 2.66. The Labute approximate surface area is 144 Å². The first-order valence-corrected chi connectivity index (χ1v) is 7.91. The first-order chi connectivity index (χ1) is 12.1. The van der Waals surface area contributed by atoms with E-state index >= 15 is 0 Å². The molecule has 2 aliphatic rings. The minimum absolute atomic E-state index is 0.116. The van der Waals surface area contributed by atoms with Crippen LogP contribution in [0.25, 0.3) is 0 Å². The van der Waals surface area contributed by atoms with Crippen LogP contribution in [0.2, 0.25) is 0 Å². The smallest absolute Gasteiger partial charge is 0.322 e. The fourth-order valence-corrected chi connectivity index (χ4v) is 2.66. The molecule has 0 aromatic heterocycles. The average molecular weight is 349 g/mol. The minimum Gasteiger partial charge on any atom is -0.496 e. The Morgan fingerprint density at radius 2 is 2.00 bits per heavy atom. The molecular weight excluding hydrogens is 330 g/mol. The summed E-state index contributed by atoms with van der Waals surface area (Å²) >= 11 is 0. The van der Waals surface area contributed by atoms with Crippen LogP contribution in [0.3, 0.4) is 0 Å². The van der Waals surface area contributed by atoms with Crippen molar-refractivity contribution in [2.45, 2.75) is 25.4 Å². The number of imide groups is 1. The number of methoxy groups -OCH3 is 1. The molecular formula is C16H19N3O6.